The van der Waals surface area contributed by atoms with Crippen LogP contribution >= 0.6 is 0 Å². The van der Waals surface area contributed by atoms with Gasteiger partial charge in [0.2, 0.25) is 0 Å². The van der Waals surface area contributed by atoms with Gasteiger partial charge in [-0.1, -0.05) is 6.92 Å². The Balaban J connectivity index is 3.64. The van der Waals surface area contributed by atoms with E-state index in [-0.39, 0.29) is 6.42 Å². The predicted molar refractivity (Wildman–Crippen MR) is 59.7 cm³/mol. The lowest BCUT2D eigenvalue weighted by atomic mass is 9.71. The van der Waals surface area contributed by atoms with Crippen molar-refractivity contribution in [3.8, 4) is 18.2 Å². The Morgan fingerprint density at radius 3 is 2.22 bits per heavy atom. The average Bonchev–Trinajstić information content (AvgIpc) is 2.55. The molecule has 7 nitrogen and oxygen atoms in total. The second-order valence-electron chi connectivity index (χ2n) is 4.43. The molecule has 0 spiro atoms. The molecule has 7 heteroatoms. The van der Waals surface area contributed by atoms with E-state index in [4.69, 9.17) is 10.7 Å². The molecule has 0 aliphatic heterocycles. The molecule has 1 aliphatic carbocycles. The van der Waals surface area contributed by atoms with Crippen molar-refractivity contribution in [1.82, 2.24) is 0 Å². The summed E-state index contributed by atoms with van der Waals surface area (Å²) in [6.45, 7) is 2.83. The molecule has 1 saturated carbocycles. The van der Waals surface area contributed by atoms with Gasteiger partial charge in [-0.2, -0.15) is 15.8 Å². The van der Waals surface area contributed by atoms with Gasteiger partial charge in [0.05, 0.1) is 24.1 Å². The minimum atomic E-state index is -1.83. The lowest BCUT2D eigenvalue weighted by Gasteiger charge is -2.26. The van der Waals surface area contributed by atoms with Gasteiger partial charge in [-0.05, 0) is 6.42 Å². The summed E-state index contributed by atoms with van der Waals surface area (Å²) in [5, 5.41) is 46.5. The van der Waals surface area contributed by atoms with Crippen LogP contribution in [-0.4, -0.2) is 16.2 Å². The molecule has 1 aliphatic rings. The van der Waals surface area contributed by atoms with Gasteiger partial charge in [-0.15, -0.1) is 0 Å². The molecular formula is C11H11N5O2. The van der Waals surface area contributed by atoms with Crippen molar-refractivity contribution in [2.24, 2.45) is 17.3 Å². The highest BCUT2D eigenvalue weighted by Crippen LogP contribution is 2.53. The molecule has 1 unspecified atom stereocenters. The molecule has 1 N–H and O–H groups in total. The first-order chi connectivity index (χ1) is 8.36. The predicted octanol–water partition coefficient (Wildman–Crippen LogP) is 1.25. The number of nitriles is 3. The third-order valence-electron chi connectivity index (χ3n) is 3.80. The van der Waals surface area contributed by atoms with Crippen molar-refractivity contribution in [3.05, 3.63) is 10.1 Å². The number of nitrogens with zero attached hydrogens (tertiary/aromatic N) is 4. The van der Waals surface area contributed by atoms with Gasteiger partial charge < -0.3 is 5.41 Å². The molecule has 0 heterocycles. The van der Waals surface area contributed by atoms with E-state index < -0.39 is 33.4 Å². The number of hydrogen-bond acceptors (Lipinski definition) is 6. The van der Waals surface area contributed by atoms with Crippen LogP contribution in [0.1, 0.15) is 20.3 Å². The molecule has 1 fully saturated rings. The van der Waals surface area contributed by atoms with Crippen LogP contribution in [0.3, 0.4) is 0 Å². The van der Waals surface area contributed by atoms with Crippen LogP contribution in [-0.2, 0) is 0 Å². The van der Waals surface area contributed by atoms with Crippen molar-refractivity contribution < 1.29 is 4.92 Å². The van der Waals surface area contributed by atoms with Crippen molar-refractivity contribution in [2.75, 3.05) is 0 Å². The Morgan fingerprint density at radius 2 is 1.94 bits per heavy atom. The van der Waals surface area contributed by atoms with Crippen LogP contribution in [0.4, 0.5) is 0 Å². The first kappa shape index (κ1) is 13.6. The molecule has 0 aromatic heterocycles. The first-order valence-electron chi connectivity index (χ1n) is 5.32. The molecule has 1 rings (SSSR count). The van der Waals surface area contributed by atoms with Crippen LogP contribution < -0.4 is 0 Å². The largest absolute Gasteiger partial charge is 0.301 e. The maximum absolute atomic E-state index is 11.2. The second kappa shape index (κ2) is 4.09. The van der Waals surface area contributed by atoms with E-state index in [0.717, 1.165) is 0 Å². The summed E-state index contributed by atoms with van der Waals surface area (Å²) >= 11 is 0. The van der Waals surface area contributed by atoms with Gasteiger partial charge >= 0.3 is 0 Å². The Hall–Kier alpha value is -2.46. The maximum Gasteiger partial charge on any atom is 0.263 e. The Labute approximate surface area is 104 Å². The van der Waals surface area contributed by atoms with Gasteiger partial charge in [-0.25, -0.2) is 0 Å². The van der Waals surface area contributed by atoms with E-state index >= 15 is 0 Å². The van der Waals surface area contributed by atoms with Gasteiger partial charge in [-0.3, -0.25) is 10.1 Å². The zero-order valence-corrected chi connectivity index (χ0v) is 9.97. The highest BCUT2D eigenvalue weighted by Gasteiger charge is 2.71. The average molecular weight is 245 g/mol. The van der Waals surface area contributed by atoms with Gasteiger partial charge in [0, 0.05) is 11.8 Å². The molecule has 0 bridgehead atoms. The van der Waals surface area contributed by atoms with Crippen LogP contribution in [0, 0.1) is 66.8 Å². The smallest absolute Gasteiger partial charge is 0.263 e. The summed E-state index contributed by atoms with van der Waals surface area (Å²) in [6, 6.07) is 5.19. The van der Waals surface area contributed by atoms with E-state index in [2.05, 4.69) is 0 Å². The van der Waals surface area contributed by atoms with E-state index in [1.165, 1.54) is 6.92 Å². The van der Waals surface area contributed by atoms with E-state index in [0.29, 0.717) is 0 Å². The van der Waals surface area contributed by atoms with Crippen molar-refractivity contribution in [3.63, 3.8) is 0 Å². The van der Waals surface area contributed by atoms with Crippen LogP contribution in [0.25, 0.3) is 0 Å². The molecule has 3 atom stereocenters. The number of hydrogen-bond donors (Lipinski definition) is 1. The zero-order valence-electron chi connectivity index (χ0n) is 9.97. The third kappa shape index (κ3) is 1.23. The lowest BCUT2D eigenvalue weighted by molar-refractivity contribution is -0.553. The molecule has 0 radical (unpaired) electrons. The Bertz CT molecular complexity index is 521. The summed E-state index contributed by atoms with van der Waals surface area (Å²) in [5.74, 6) is -2.32. The number of nitro groups is 1. The van der Waals surface area contributed by atoms with Crippen LogP contribution in [0.2, 0.25) is 0 Å². The van der Waals surface area contributed by atoms with Crippen LogP contribution in [0.5, 0.6) is 0 Å². The monoisotopic (exact) mass is 245 g/mol. The van der Waals surface area contributed by atoms with E-state index in [9.17, 15) is 20.6 Å². The number of nitrogens with one attached hydrogen (secondary N) is 1. The highest BCUT2D eigenvalue weighted by atomic mass is 16.6. The first-order valence-corrected chi connectivity index (χ1v) is 5.32. The van der Waals surface area contributed by atoms with Crippen molar-refractivity contribution >= 4 is 5.71 Å². The molecule has 0 amide bonds. The van der Waals surface area contributed by atoms with Crippen molar-refractivity contribution in [2.45, 2.75) is 25.8 Å². The van der Waals surface area contributed by atoms with Gasteiger partial charge in [0.15, 0.2) is 5.41 Å². The third-order valence-corrected chi connectivity index (χ3v) is 3.80. The molecule has 18 heavy (non-hydrogen) atoms. The standard InChI is InChI=1S/C11H11N5O2/c1-3-8-10(2,16(17)18)9(15)7(4-12)11(8,5-13)6-14/h7-8,15H,3H2,1-2H3/t7?,8-,10-/m0/s1. The van der Waals surface area contributed by atoms with Crippen LogP contribution in [0.15, 0.2) is 0 Å². The summed E-state index contributed by atoms with van der Waals surface area (Å²) in [4.78, 5) is 10.6. The molecule has 0 aromatic carbocycles. The number of rotatable bonds is 2. The zero-order chi connectivity index (χ0) is 14.1. The van der Waals surface area contributed by atoms with Crippen molar-refractivity contribution in [1.29, 1.82) is 21.2 Å². The molecule has 0 saturated heterocycles. The lowest BCUT2D eigenvalue weighted by Crippen LogP contribution is -2.47. The molecule has 92 valence electrons. The SMILES string of the molecule is CC[C@@H]1C(C#N)(C#N)C(C#N)C(=N)[C@@]1(C)[N+](=O)[O-]. The topological polar surface area (TPSA) is 138 Å². The Morgan fingerprint density at radius 1 is 1.44 bits per heavy atom. The minimum Gasteiger partial charge on any atom is -0.301 e. The minimum absolute atomic E-state index is 0.180. The fourth-order valence-electron chi connectivity index (χ4n) is 2.77. The van der Waals surface area contributed by atoms with E-state index in [1.54, 1.807) is 25.1 Å². The fraction of sp³-hybridized carbons (Fsp3) is 0.636. The Kier molecular flexibility index (Phi) is 3.09. The quantitative estimate of drug-likeness (QED) is 0.576. The highest BCUT2D eigenvalue weighted by molar-refractivity contribution is 5.98. The molecule has 0 aromatic rings. The fourth-order valence-corrected chi connectivity index (χ4v) is 2.77. The van der Waals surface area contributed by atoms with Gasteiger partial charge in [0.1, 0.15) is 11.6 Å². The molecular weight excluding hydrogens is 234 g/mol. The van der Waals surface area contributed by atoms with Gasteiger partial charge in [0.25, 0.3) is 5.54 Å². The summed E-state index contributed by atoms with van der Waals surface area (Å²) in [6.07, 6.45) is 0.180. The second-order valence-corrected chi connectivity index (χ2v) is 4.43. The summed E-state index contributed by atoms with van der Waals surface area (Å²) in [7, 11) is 0. The van der Waals surface area contributed by atoms with E-state index in [1.807, 2.05) is 0 Å². The summed E-state index contributed by atoms with van der Waals surface area (Å²) < 4.78 is 0. The summed E-state index contributed by atoms with van der Waals surface area (Å²) in [5.41, 5.74) is -4.10. The maximum atomic E-state index is 11.2. The normalized spacial score (nSPS) is 33.2.